The molecule has 26 heavy (non-hydrogen) atoms. The van der Waals surface area contributed by atoms with Crippen LogP contribution in [0.2, 0.25) is 0 Å². The highest BCUT2D eigenvalue weighted by Gasteiger charge is 2.13. The fourth-order valence-corrected chi connectivity index (χ4v) is 2.47. The predicted octanol–water partition coefficient (Wildman–Crippen LogP) is 2.02. The van der Waals surface area contributed by atoms with Gasteiger partial charge in [0.25, 0.3) is 5.91 Å². The fraction of sp³-hybridized carbons (Fsp3) is 0.250. The molecule has 0 aliphatic heterocycles. The maximum atomic E-state index is 12.1. The second kappa shape index (κ2) is 7.48. The van der Waals surface area contributed by atoms with Gasteiger partial charge in [-0.15, -0.1) is 0 Å². The lowest BCUT2D eigenvalue weighted by Crippen LogP contribution is -2.11. The van der Waals surface area contributed by atoms with Gasteiger partial charge in [0.1, 0.15) is 11.5 Å². The van der Waals surface area contributed by atoms with Gasteiger partial charge in [-0.3, -0.25) is 9.48 Å². The highest BCUT2D eigenvalue weighted by molar-refractivity contribution is 7.94. The van der Waals surface area contributed by atoms with Crippen molar-refractivity contribution in [3.8, 4) is 5.75 Å². The second-order valence-corrected chi connectivity index (χ2v) is 7.83. The molecule has 0 unspecified atom stereocenters. The van der Waals surface area contributed by atoms with Crippen molar-refractivity contribution in [3.63, 3.8) is 0 Å². The van der Waals surface area contributed by atoms with Gasteiger partial charge >= 0.3 is 0 Å². The molecule has 0 atom stereocenters. The first kappa shape index (κ1) is 19.3. The monoisotopic (exact) mass is 380 g/mol. The Morgan fingerprint density at radius 2 is 2.00 bits per heavy atom. The molecule has 0 bridgehead atoms. The van der Waals surface area contributed by atoms with E-state index in [0.717, 1.165) is 6.26 Å². The summed E-state index contributed by atoms with van der Waals surface area (Å²) >= 11 is 0. The van der Waals surface area contributed by atoms with E-state index in [9.17, 15) is 18.3 Å². The number of hydrogen-bond donors (Lipinski definition) is 3. The molecule has 0 aliphatic rings. The maximum absolute atomic E-state index is 12.1. The number of aromatic hydroxyl groups is 1. The summed E-state index contributed by atoms with van der Waals surface area (Å²) in [5.41, 5.74) is 3.49. The minimum absolute atomic E-state index is 0.0922. The van der Waals surface area contributed by atoms with Gasteiger partial charge in [0.15, 0.2) is 9.84 Å². The van der Waals surface area contributed by atoms with Crippen molar-refractivity contribution in [2.24, 2.45) is 7.05 Å². The summed E-state index contributed by atoms with van der Waals surface area (Å²) in [5.74, 6) is -0.411. The molecule has 9 nitrogen and oxygen atoms in total. The summed E-state index contributed by atoms with van der Waals surface area (Å²) in [6.45, 7) is 2.94. The van der Waals surface area contributed by atoms with Gasteiger partial charge in [-0.2, -0.15) is 5.10 Å². The zero-order valence-corrected chi connectivity index (χ0v) is 15.6. The number of benzene rings is 1. The minimum atomic E-state index is -3.35. The molecule has 0 saturated carbocycles. The molecule has 2 rings (SSSR count). The van der Waals surface area contributed by atoms with Crippen LogP contribution in [0, 0.1) is 0 Å². The molecule has 0 saturated heterocycles. The third-order valence-electron chi connectivity index (χ3n) is 3.59. The lowest BCUT2D eigenvalue weighted by atomic mass is 10.2. The number of nitrogens with zero attached hydrogens (tertiary/aromatic N) is 2. The molecule has 140 valence electrons. The molecular formula is C16H20N4O5S. The van der Waals surface area contributed by atoms with Crippen LogP contribution in [0.3, 0.4) is 0 Å². The van der Waals surface area contributed by atoms with Gasteiger partial charge < -0.3 is 15.3 Å². The molecule has 1 aromatic carbocycles. The van der Waals surface area contributed by atoms with E-state index in [1.165, 1.54) is 36.9 Å². The van der Waals surface area contributed by atoms with Crippen molar-refractivity contribution in [2.45, 2.75) is 13.8 Å². The number of amides is 1. The third kappa shape index (κ3) is 4.76. The molecule has 10 heteroatoms. The summed E-state index contributed by atoms with van der Waals surface area (Å²) < 4.78 is 24.4. The van der Waals surface area contributed by atoms with Crippen molar-refractivity contribution in [1.82, 2.24) is 9.78 Å². The number of rotatable bonds is 6. The van der Waals surface area contributed by atoms with E-state index in [1.54, 1.807) is 19.3 Å². The molecule has 0 fully saturated rings. The number of phenols is 1. The molecular weight excluding hydrogens is 360 g/mol. The van der Waals surface area contributed by atoms with Crippen molar-refractivity contribution in [1.29, 1.82) is 0 Å². The lowest BCUT2D eigenvalue weighted by Gasteiger charge is -2.12. The molecule has 1 amide bonds. The Morgan fingerprint density at radius 3 is 2.54 bits per heavy atom. The van der Waals surface area contributed by atoms with Crippen LogP contribution in [0.25, 0.3) is 0 Å². The van der Waals surface area contributed by atoms with Gasteiger partial charge in [0.05, 0.1) is 28.0 Å². The van der Waals surface area contributed by atoms with Crippen LogP contribution in [0.1, 0.15) is 24.2 Å². The van der Waals surface area contributed by atoms with Crippen LogP contribution in [0.4, 0.5) is 11.4 Å². The SMILES string of the molecule is C/C(ONc1ccc(NC(=O)c2cnn(C)c2)c(O)c1)=C(\C)S(C)(=O)=O. The van der Waals surface area contributed by atoms with Crippen molar-refractivity contribution < 1.29 is 23.2 Å². The Labute approximate surface area is 151 Å². The van der Waals surface area contributed by atoms with Gasteiger partial charge in [-0.1, -0.05) is 0 Å². The van der Waals surface area contributed by atoms with E-state index < -0.39 is 15.7 Å². The smallest absolute Gasteiger partial charge is 0.258 e. The zero-order valence-electron chi connectivity index (χ0n) is 14.8. The minimum Gasteiger partial charge on any atom is -0.506 e. The van der Waals surface area contributed by atoms with E-state index in [-0.39, 0.29) is 22.1 Å². The van der Waals surface area contributed by atoms with E-state index >= 15 is 0 Å². The largest absolute Gasteiger partial charge is 0.506 e. The molecule has 0 spiro atoms. The highest BCUT2D eigenvalue weighted by Crippen LogP contribution is 2.27. The molecule has 0 aliphatic carbocycles. The van der Waals surface area contributed by atoms with Gasteiger partial charge in [-0.25, -0.2) is 13.9 Å². The Hall–Kier alpha value is -3.01. The van der Waals surface area contributed by atoms with Crippen LogP contribution in [0.5, 0.6) is 5.75 Å². The van der Waals surface area contributed by atoms with E-state index in [1.807, 2.05) is 0 Å². The van der Waals surface area contributed by atoms with Gasteiger partial charge in [0, 0.05) is 25.6 Å². The van der Waals surface area contributed by atoms with E-state index in [4.69, 9.17) is 4.84 Å². The number of nitrogens with one attached hydrogen (secondary N) is 2. The van der Waals surface area contributed by atoms with Crippen LogP contribution in [0.15, 0.2) is 41.3 Å². The van der Waals surface area contributed by atoms with Crippen LogP contribution >= 0.6 is 0 Å². The van der Waals surface area contributed by atoms with E-state index in [0.29, 0.717) is 11.3 Å². The molecule has 1 heterocycles. The number of sulfone groups is 1. The first-order chi connectivity index (χ1) is 12.1. The molecule has 0 radical (unpaired) electrons. The van der Waals surface area contributed by atoms with Gasteiger partial charge in [-0.05, 0) is 26.0 Å². The molecule has 2 aromatic rings. The lowest BCUT2D eigenvalue weighted by molar-refractivity contribution is 0.102. The third-order valence-corrected chi connectivity index (χ3v) is 4.99. The number of aryl methyl sites for hydroxylation is 1. The number of carbonyl (C=O) groups is 1. The number of hydrogen-bond acceptors (Lipinski definition) is 7. The summed E-state index contributed by atoms with van der Waals surface area (Å²) in [4.78, 5) is 17.4. The average Bonchev–Trinajstić information content (AvgIpc) is 2.99. The fourth-order valence-electron chi connectivity index (χ4n) is 1.90. The first-order valence-electron chi connectivity index (χ1n) is 7.51. The van der Waals surface area contributed by atoms with Crippen molar-refractivity contribution >= 4 is 27.1 Å². The normalized spacial score (nSPS) is 12.3. The average molecular weight is 380 g/mol. The van der Waals surface area contributed by atoms with Gasteiger partial charge in [0.2, 0.25) is 0 Å². The number of phenolic OH excluding ortho intramolecular Hbond substituents is 1. The van der Waals surface area contributed by atoms with E-state index in [2.05, 4.69) is 15.9 Å². The van der Waals surface area contributed by atoms with Crippen molar-refractivity contribution in [2.75, 3.05) is 17.1 Å². The Balaban J connectivity index is 2.06. The van der Waals surface area contributed by atoms with Crippen LogP contribution in [-0.4, -0.2) is 35.5 Å². The standard InChI is InChI=1S/C16H20N4O5S/c1-10(11(2)26(4,23)24)25-19-13-5-6-14(15(21)7-13)18-16(22)12-8-17-20(3)9-12/h5-9,19,21H,1-4H3,(H,18,22)/b11-10-. The summed E-state index contributed by atoms with van der Waals surface area (Å²) in [6, 6.07) is 4.38. The number of aromatic nitrogens is 2. The number of allylic oxidation sites excluding steroid dienone is 2. The quantitative estimate of drug-likeness (QED) is 0.398. The first-order valence-corrected chi connectivity index (χ1v) is 9.40. The summed E-state index contributed by atoms with van der Waals surface area (Å²) in [6.07, 6.45) is 4.05. The highest BCUT2D eigenvalue weighted by atomic mass is 32.2. The topological polar surface area (TPSA) is 123 Å². The van der Waals surface area contributed by atoms with Crippen LogP contribution in [-0.2, 0) is 21.7 Å². The Bertz CT molecular complexity index is 963. The molecule has 1 aromatic heterocycles. The second-order valence-electron chi connectivity index (χ2n) is 5.68. The van der Waals surface area contributed by atoms with Crippen LogP contribution < -0.4 is 10.8 Å². The maximum Gasteiger partial charge on any atom is 0.258 e. The number of anilines is 2. The Kier molecular flexibility index (Phi) is 5.56. The summed E-state index contributed by atoms with van der Waals surface area (Å²) in [5, 5.41) is 16.5. The molecule has 3 N–H and O–H groups in total. The predicted molar refractivity (Wildman–Crippen MR) is 97.2 cm³/mol. The zero-order chi connectivity index (χ0) is 19.5. The summed E-state index contributed by atoms with van der Waals surface area (Å²) in [7, 11) is -1.66. The Morgan fingerprint density at radius 1 is 1.31 bits per heavy atom. The van der Waals surface area contributed by atoms with Crippen molar-refractivity contribution in [3.05, 3.63) is 46.8 Å². The number of carbonyl (C=O) groups excluding carboxylic acids is 1.